The van der Waals surface area contributed by atoms with Crippen LogP contribution in [0.2, 0.25) is 0 Å². The summed E-state index contributed by atoms with van der Waals surface area (Å²) in [5.41, 5.74) is 6.57. The minimum absolute atomic E-state index is 0.818. The van der Waals surface area contributed by atoms with Gasteiger partial charge in [-0.3, -0.25) is 0 Å². The molecule has 5 heteroatoms. The molecule has 20 heavy (non-hydrogen) atoms. The highest BCUT2D eigenvalue weighted by Gasteiger charge is 2.16. The normalized spacial score (nSPS) is 17.2. The molecule has 2 rings (SSSR count). The van der Waals surface area contributed by atoms with Gasteiger partial charge in [-0.2, -0.15) is 0 Å². The molecular weight excluding hydrogens is 250 g/mol. The highest BCUT2D eigenvalue weighted by molar-refractivity contribution is 5.30. The highest BCUT2D eigenvalue weighted by Crippen LogP contribution is 2.12. The summed E-state index contributed by atoms with van der Waals surface area (Å²) in [7, 11) is 0. The zero-order valence-electron chi connectivity index (χ0n) is 12.6. The topological polar surface area (TPSA) is 58.3 Å². The van der Waals surface area contributed by atoms with E-state index in [1.807, 2.05) is 19.2 Å². The largest absolute Gasteiger partial charge is 0.339 e. The monoisotopic (exact) mass is 277 g/mol. The Labute approximate surface area is 122 Å². The molecule has 1 aliphatic rings. The lowest BCUT2D eigenvalue weighted by atomic mass is 10.2. The van der Waals surface area contributed by atoms with Crippen molar-refractivity contribution < 1.29 is 0 Å². The van der Waals surface area contributed by atoms with E-state index in [0.717, 1.165) is 44.2 Å². The minimum Gasteiger partial charge on any atom is -0.339 e. The van der Waals surface area contributed by atoms with Crippen molar-refractivity contribution in [3.8, 4) is 0 Å². The molecule has 0 aromatic carbocycles. The van der Waals surface area contributed by atoms with Crippen LogP contribution in [-0.4, -0.2) is 54.1 Å². The first kappa shape index (κ1) is 15.2. The molecule has 1 aliphatic heterocycles. The van der Waals surface area contributed by atoms with Crippen LogP contribution >= 0.6 is 0 Å². The number of aromatic nitrogens is 2. The number of rotatable bonds is 6. The molecule has 1 aromatic heterocycles. The molecule has 2 N–H and O–H groups in total. The lowest BCUT2D eigenvalue weighted by Crippen LogP contribution is -2.32. The Bertz CT molecular complexity index is 396. The molecule has 1 saturated heterocycles. The van der Waals surface area contributed by atoms with Gasteiger partial charge in [0.25, 0.3) is 0 Å². The van der Waals surface area contributed by atoms with Crippen molar-refractivity contribution in [2.45, 2.75) is 32.6 Å². The molecule has 0 unspecified atom stereocenters. The van der Waals surface area contributed by atoms with Gasteiger partial charge in [0.15, 0.2) is 0 Å². The van der Waals surface area contributed by atoms with Gasteiger partial charge in [0.2, 0.25) is 5.95 Å². The van der Waals surface area contributed by atoms with Crippen LogP contribution in [0.1, 0.15) is 31.4 Å². The van der Waals surface area contributed by atoms with Crippen LogP contribution in [0.5, 0.6) is 0 Å². The van der Waals surface area contributed by atoms with Crippen molar-refractivity contribution in [2.75, 3.05) is 44.2 Å². The molecule has 112 valence electrons. The van der Waals surface area contributed by atoms with Crippen LogP contribution in [0.4, 0.5) is 5.95 Å². The molecular formula is C15H27N5. The van der Waals surface area contributed by atoms with Crippen LogP contribution < -0.4 is 10.6 Å². The van der Waals surface area contributed by atoms with E-state index >= 15 is 0 Å². The number of aryl methyl sites for hydroxylation is 1. The Morgan fingerprint density at radius 3 is 2.85 bits per heavy atom. The van der Waals surface area contributed by atoms with E-state index in [2.05, 4.69) is 19.8 Å². The lowest BCUT2D eigenvalue weighted by Gasteiger charge is -2.22. The van der Waals surface area contributed by atoms with E-state index < -0.39 is 0 Å². The predicted octanol–water partition coefficient (Wildman–Crippen LogP) is 1.43. The first-order valence-corrected chi connectivity index (χ1v) is 7.76. The second-order valence-corrected chi connectivity index (χ2v) is 5.53. The first-order chi connectivity index (χ1) is 9.79. The summed E-state index contributed by atoms with van der Waals surface area (Å²) < 4.78 is 0. The van der Waals surface area contributed by atoms with Crippen molar-refractivity contribution in [2.24, 2.45) is 5.73 Å². The summed E-state index contributed by atoms with van der Waals surface area (Å²) >= 11 is 0. The Kier molecular flexibility index (Phi) is 6.21. The zero-order valence-corrected chi connectivity index (χ0v) is 12.6. The number of hydrogen-bond acceptors (Lipinski definition) is 5. The van der Waals surface area contributed by atoms with Crippen LogP contribution in [-0.2, 0) is 0 Å². The van der Waals surface area contributed by atoms with Gasteiger partial charge in [-0.1, -0.05) is 6.42 Å². The second-order valence-electron chi connectivity index (χ2n) is 5.53. The maximum atomic E-state index is 5.53. The fraction of sp³-hybridized carbons (Fsp3) is 0.733. The predicted molar refractivity (Wildman–Crippen MR) is 82.9 cm³/mol. The number of anilines is 1. The number of hydrogen-bond donors (Lipinski definition) is 1. The first-order valence-electron chi connectivity index (χ1n) is 7.76. The minimum atomic E-state index is 0.818. The van der Waals surface area contributed by atoms with E-state index in [9.17, 15) is 0 Å². The third-order valence-corrected chi connectivity index (χ3v) is 3.83. The van der Waals surface area contributed by atoms with Gasteiger partial charge in [-0.05, 0) is 51.9 Å². The Morgan fingerprint density at radius 2 is 2.05 bits per heavy atom. The molecule has 0 spiro atoms. The van der Waals surface area contributed by atoms with Crippen LogP contribution in [0.3, 0.4) is 0 Å². The number of nitrogens with zero attached hydrogens (tertiary/aromatic N) is 4. The summed E-state index contributed by atoms with van der Waals surface area (Å²) in [4.78, 5) is 13.8. The highest BCUT2D eigenvalue weighted by atomic mass is 15.3. The van der Waals surface area contributed by atoms with Gasteiger partial charge in [0, 0.05) is 31.5 Å². The fourth-order valence-electron chi connectivity index (χ4n) is 2.64. The van der Waals surface area contributed by atoms with Crippen molar-refractivity contribution >= 4 is 5.95 Å². The van der Waals surface area contributed by atoms with Crippen LogP contribution in [0, 0.1) is 6.92 Å². The average Bonchev–Trinajstić information content (AvgIpc) is 2.69. The van der Waals surface area contributed by atoms with E-state index in [1.54, 1.807) is 0 Å². The lowest BCUT2D eigenvalue weighted by molar-refractivity contribution is 0.286. The van der Waals surface area contributed by atoms with E-state index in [4.69, 9.17) is 5.73 Å². The Morgan fingerprint density at radius 1 is 1.15 bits per heavy atom. The summed E-state index contributed by atoms with van der Waals surface area (Å²) in [6, 6.07) is 1.95. The molecule has 1 fully saturated rings. The smallest absolute Gasteiger partial charge is 0.225 e. The third kappa shape index (κ3) is 4.72. The van der Waals surface area contributed by atoms with E-state index in [0.29, 0.717) is 0 Å². The van der Waals surface area contributed by atoms with Crippen molar-refractivity contribution in [3.63, 3.8) is 0 Å². The molecule has 0 atom stereocenters. The zero-order chi connectivity index (χ0) is 14.2. The van der Waals surface area contributed by atoms with Gasteiger partial charge in [0.05, 0.1) is 0 Å². The molecule has 5 nitrogen and oxygen atoms in total. The van der Waals surface area contributed by atoms with Gasteiger partial charge in [-0.25, -0.2) is 9.97 Å². The Balaban J connectivity index is 1.80. The van der Waals surface area contributed by atoms with Crippen LogP contribution in [0.25, 0.3) is 0 Å². The number of unbranched alkanes of at least 4 members (excludes halogenated alkanes) is 2. The van der Waals surface area contributed by atoms with Gasteiger partial charge < -0.3 is 15.5 Å². The summed E-state index contributed by atoms with van der Waals surface area (Å²) in [6.07, 6.45) is 6.70. The molecule has 0 radical (unpaired) electrons. The maximum Gasteiger partial charge on any atom is 0.225 e. The Hall–Kier alpha value is -1.20. The van der Waals surface area contributed by atoms with E-state index in [1.165, 1.54) is 32.4 Å². The standard InChI is InChI=1S/C15H27N5/c1-14-6-8-17-15(18-14)20-11-5-10-19(12-13-20)9-4-2-3-7-16/h6,8H,2-5,7,9-13,16H2,1H3. The van der Waals surface area contributed by atoms with E-state index in [-0.39, 0.29) is 0 Å². The fourth-order valence-corrected chi connectivity index (χ4v) is 2.64. The van der Waals surface area contributed by atoms with Gasteiger partial charge in [0.1, 0.15) is 0 Å². The third-order valence-electron chi connectivity index (χ3n) is 3.83. The molecule has 2 heterocycles. The average molecular weight is 277 g/mol. The second kappa shape index (κ2) is 8.17. The van der Waals surface area contributed by atoms with Crippen molar-refractivity contribution in [3.05, 3.63) is 18.0 Å². The summed E-state index contributed by atoms with van der Waals surface area (Å²) in [6.45, 7) is 8.42. The van der Waals surface area contributed by atoms with Crippen LogP contribution in [0.15, 0.2) is 12.3 Å². The van der Waals surface area contributed by atoms with Crippen molar-refractivity contribution in [1.82, 2.24) is 14.9 Å². The van der Waals surface area contributed by atoms with Gasteiger partial charge >= 0.3 is 0 Å². The number of nitrogens with two attached hydrogens (primary N) is 1. The van der Waals surface area contributed by atoms with Gasteiger partial charge in [-0.15, -0.1) is 0 Å². The maximum absolute atomic E-state index is 5.53. The quantitative estimate of drug-likeness (QED) is 0.797. The SMILES string of the molecule is Cc1ccnc(N2CCCN(CCCCCN)CC2)n1. The molecule has 1 aromatic rings. The molecule has 0 amide bonds. The molecule has 0 aliphatic carbocycles. The summed E-state index contributed by atoms with van der Waals surface area (Å²) in [5.74, 6) is 0.884. The molecule has 0 bridgehead atoms. The summed E-state index contributed by atoms with van der Waals surface area (Å²) in [5, 5.41) is 0. The molecule has 0 saturated carbocycles. The van der Waals surface area contributed by atoms with Crippen molar-refractivity contribution in [1.29, 1.82) is 0 Å².